The molecule has 1 aromatic heterocycles. The van der Waals surface area contributed by atoms with Crippen LogP contribution in [0.3, 0.4) is 0 Å². The van der Waals surface area contributed by atoms with Gasteiger partial charge >= 0.3 is 0 Å². The van der Waals surface area contributed by atoms with Gasteiger partial charge in [-0.3, -0.25) is 9.59 Å². The average molecular weight is 406 g/mol. The van der Waals surface area contributed by atoms with Gasteiger partial charge in [0.25, 0.3) is 0 Å². The van der Waals surface area contributed by atoms with Crippen LogP contribution in [-0.4, -0.2) is 28.5 Å². The second-order valence-corrected chi connectivity index (χ2v) is 7.06. The maximum atomic E-state index is 12.5. The molecule has 7 heteroatoms. The molecule has 7 nitrogen and oxygen atoms in total. The van der Waals surface area contributed by atoms with E-state index in [0.717, 1.165) is 29.0 Å². The maximum absolute atomic E-state index is 12.5. The molecule has 156 valence electrons. The zero-order valence-corrected chi connectivity index (χ0v) is 17.2. The van der Waals surface area contributed by atoms with E-state index in [1.807, 2.05) is 59.3 Å². The molecule has 2 aromatic carbocycles. The minimum Gasteiger partial charge on any atom is -0.497 e. The normalized spacial score (nSPS) is 11.5. The van der Waals surface area contributed by atoms with Crippen molar-refractivity contribution in [3.8, 4) is 5.75 Å². The molecule has 3 aromatic rings. The van der Waals surface area contributed by atoms with Crippen molar-refractivity contribution in [2.75, 3.05) is 7.11 Å². The van der Waals surface area contributed by atoms with Gasteiger partial charge in [-0.2, -0.15) is 0 Å². The van der Waals surface area contributed by atoms with E-state index in [0.29, 0.717) is 6.54 Å². The predicted octanol–water partition coefficient (Wildman–Crippen LogP) is 2.82. The highest BCUT2D eigenvalue weighted by Gasteiger charge is 2.17. The van der Waals surface area contributed by atoms with E-state index in [2.05, 4.69) is 15.6 Å². The summed E-state index contributed by atoms with van der Waals surface area (Å²) in [7, 11) is 1.60. The van der Waals surface area contributed by atoms with Crippen molar-refractivity contribution in [3.63, 3.8) is 0 Å². The maximum Gasteiger partial charge on any atom is 0.222 e. The Morgan fingerprint density at radius 3 is 2.37 bits per heavy atom. The van der Waals surface area contributed by atoms with Gasteiger partial charge in [0.1, 0.15) is 5.75 Å². The number of hydrogen-bond acceptors (Lipinski definition) is 4. The molecule has 0 fully saturated rings. The SMILES string of the molecule is COc1ccc(C(CC(=O)NCc2ccc(Cn3ccnc3)cc2)NC(C)=O)cc1. The first-order valence-corrected chi connectivity index (χ1v) is 9.75. The summed E-state index contributed by atoms with van der Waals surface area (Å²) >= 11 is 0. The highest BCUT2D eigenvalue weighted by Crippen LogP contribution is 2.20. The summed E-state index contributed by atoms with van der Waals surface area (Å²) < 4.78 is 7.16. The minimum atomic E-state index is -0.397. The fraction of sp³-hybridized carbons (Fsp3) is 0.261. The largest absolute Gasteiger partial charge is 0.497 e. The van der Waals surface area contributed by atoms with Crippen LogP contribution < -0.4 is 15.4 Å². The van der Waals surface area contributed by atoms with Gasteiger partial charge in [0.2, 0.25) is 11.8 Å². The third-order valence-electron chi connectivity index (χ3n) is 4.72. The highest BCUT2D eigenvalue weighted by molar-refractivity contribution is 5.79. The number of methoxy groups -OCH3 is 1. The molecule has 0 spiro atoms. The molecule has 0 aliphatic carbocycles. The second-order valence-electron chi connectivity index (χ2n) is 7.06. The lowest BCUT2D eigenvalue weighted by molar-refractivity contribution is -0.122. The van der Waals surface area contributed by atoms with E-state index in [1.54, 1.807) is 19.6 Å². The molecule has 0 radical (unpaired) electrons. The van der Waals surface area contributed by atoms with Crippen molar-refractivity contribution in [1.82, 2.24) is 20.2 Å². The Kier molecular flexibility index (Phi) is 7.21. The number of carbonyl (C=O) groups is 2. The molecule has 2 amide bonds. The first-order chi connectivity index (χ1) is 14.5. The fourth-order valence-corrected chi connectivity index (χ4v) is 3.15. The molecule has 1 atom stereocenters. The molecular formula is C23H26N4O3. The average Bonchev–Trinajstić information content (AvgIpc) is 3.25. The number of nitrogens with one attached hydrogen (secondary N) is 2. The van der Waals surface area contributed by atoms with E-state index >= 15 is 0 Å². The molecule has 0 bridgehead atoms. The summed E-state index contributed by atoms with van der Waals surface area (Å²) in [5, 5.41) is 5.77. The number of nitrogens with zero attached hydrogens (tertiary/aromatic N) is 2. The standard InChI is InChI=1S/C23H26N4O3/c1-17(28)26-22(20-7-9-21(30-2)10-8-20)13-23(29)25-14-18-3-5-19(6-4-18)15-27-12-11-24-16-27/h3-12,16,22H,13-15H2,1-2H3,(H,25,29)(H,26,28). The highest BCUT2D eigenvalue weighted by atomic mass is 16.5. The van der Waals surface area contributed by atoms with E-state index in [9.17, 15) is 9.59 Å². The van der Waals surface area contributed by atoms with E-state index in [4.69, 9.17) is 4.74 Å². The van der Waals surface area contributed by atoms with Gasteiger partial charge in [-0.25, -0.2) is 4.98 Å². The van der Waals surface area contributed by atoms with E-state index < -0.39 is 6.04 Å². The number of ether oxygens (including phenoxy) is 1. The van der Waals surface area contributed by atoms with E-state index in [-0.39, 0.29) is 18.2 Å². The van der Waals surface area contributed by atoms with Crippen LogP contribution in [0.25, 0.3) is 0 Å². The molecule has 30 heavy (non-hydrogen) atoms. The van der Waals surface area contributed by atoms with Gasteiger partial charge in [-0.1, -0.05) is 36.4 Å². The summed E-state index contributed by atoms with van der Waals surface area (Å²) in [6, 6.07) is 15.0. The Morgan fingerprint density at radius 1 is 1.07 bits per heavy atom. The van der Waals surface area contributed by atoms with Crippen molar-refractivity contribution >= 4 is 11.8 Å². The van der Waals surface area contributed by atoms with Crippen LogP contribution in [0.15, 0.2) is 67.3 Å². The molecule has 0 saturated heterocycles. The lowest BCUT2D eigenvalue weighted by atomic mass is 10.0. The molecule has 1 unspecified atom stereocenters. The molecule has 2 N–H and O–H groups in total. The molecule has 0 saturated carbocycles. The zero-order chi connectivity index (χ0) is 21.3. The van der Waals surface area contributed by atoms with Crippen molar-refractivity contribution < 1.29 is 14.3 Å². The predicted molar refractivity (Wildman–Crippen MR) is 114 cm³/mol. The van der Waals surface area contributed by atoms with Crippen LogP contribution in [0.2, 0.25) is 0 Å². The van der Waals surface area contributed by atoms with Crippen molar-refractivity contribution in [1.29, 1.82) is 0 Å². The summed E-state index contributed by atoms with van der Waals surface area (Å²) in [5.74, 6) is 0.408. The molecule has 3 rings (SSSR count). The van der Waals surface area contributed by atoms with Gasteiger partial charge in [0.15, 0.2) is 0 Å². The third-order valence-corrected chi connectivity index (χ3v) is 4.72. The van der Waals surface area contributed by atoms with Crippen LogP contribution in [-0.2, 0) is 22.7 Å². The quantitative estimate of drug-likeness (QED) is 0.572. The van der Waals surface area contributed by atoms with Crippen molar-refractivity contribution in [2.24, 2.45) is 0 Å². The second kappa shape index (κ2) is 10.2. The Bertz CT molecular complexity index is 951. The number of amides is 2. The third kappa shape index (κ3) is 6.20. The minimum absolute atomic E-state index is 0.132. The summed E-state index contributed by atoms with van der Waals surface area (Å²) in [5.41, 5.74) is 3.02. The van der Waals surface area contributed by atoms with Crippen LogP contribution >= 0.6 is 0 Å². The Morgan fingerprint density at radius 2 is 1.77 bits per heavy atom. The number of rotatable bonds is 9. The summed E-state index contributed by atoms with van der Waals surface area (Å²) in [4.78, 5) is 28.1. The number of carbonyl (C=O) groups excluding carboxylic acids is 2. The molecule has 1 heterocycles. The first-order valence-electron chi connectivity index (χ1n) is 9.75. The molecular weight excluding hydrogens is 380 g/mol. The summed E-state index contributed by atoms with van der Waals surface area (Å²) in [6.45, 7) is 2.63. The van der Waals surface area contributed by atoms with Crippen LogP contribution in [0.4, 0.5) is 0 Å². The first kappa shape index (κ1) is 21.1. The van der Waals surface area contributed by atoms with Gasteiger partial charge in [-0.05, 0) is 28.8 Å². The van der Waals surface area contributed by atoms with Gasteiger partial charge in [-0.15, -0.1) is 0 Å². The van der Waals surface area contributed by atoms with Crippen molar-refractivity contribution in [3.05, 3.63) is 83.9 Å². The molecule has 0 aliphatic rings. The van der Waals surface area contributed by atoms with Crippen molar-refractivity contribution in [2.45, 2.75) is 32.5 Å². The number of benzene rings is 2. The Hall–Kier alpha value is -3.61. The fourth-order valence-electron chi connectivity index (χ4n) is 3.15. The van der Waals surface area contributed by atoms with Crippen LogP contribution in [0, 0.1) is 0 Å². The van der Waals surface area contributed by atoms with Crippen LogP contribution in [0.5, 0.6) is 5.75 Å². The smallest absolute Gasteiger partial charge is 0.222 e. The summed E-state index contributed by atoms with van der Waals surface area (Å²) in [6.07, 6.45) is 5.61. The monoisotopic (exact) mass is 406 g/mol. The Labute approximate surface area is 176 Å². The molecule has 0 aliphatic heterocycles. The van der Waals surface area contributed by atoms with E-state index in [1.165, 1.54) is 6.92 Å². The number of imidazole rings is 1. The topological polar surface area (TPSA) is 85.2 Å². The Balaban J connectivity index is 1.54. The lowest BCUT2D eigenvalue weighted by Gasteiger charge is -2.18. The zero-order valence-electron chi connectivity index (χ0n) is 17.2. The van der Waals surface area contributed by atoms with Gasteiger partial charge in [0, 0.05) is 32.4 Å². The van der Waals surface area contributed by atoms with Crippen LogP contribution in [0.1, 0.15) is 36.1 Å². The number of aromatic nitrogens is 2. The van der Waals surface area contributed by atoms with Gasteiger partial charge in [0.05, 0.1) is 25.9 Å². The van der Waals surface area contributed by atoms with Gasteiger partial charge < -0.3 is 19.9 Å². The number of hydrogen-bond donors (Lipinski definition) is 2. The lowest BCUT2D eigenvalue weighted by Crippen LogP contribution is -2.32.